The van der Waals surface area contributed by atoms with Gasteiger partial charge in [0.25, 0.3) is 0 Å². The summed E-state index contributed by atoms with van der Waals surface area (Å²) in [4.78, 5) is 21.9. The molecule has 128 valence electrons. The van der Waals surface area contributed by atoms with E-state index >= 15 is 0 Å². The summed E-state index contributed by atoms with van der Waals surface area (Å²) in [5.74, 6) is -1.94. The molecule has 1 aromatic rings. The lowest BCUT2D eigenvalue weighted by Gasteiger charge is -2.18. The standard InChI is InChI=1S/C14H19NO7S/c1-9(2)13(14(17)18)15-23(19,20)11-6-4-10(5-7-11)22-8-12(16)21-3/h4-7,9,13,15H,8H2,1-3H3,(H,17,18)/t13-/m1/s1. The number of hydrogen-bond acceptors (Lipinski definition) is 6. The Morgan fingerprint density at radius 3 is 2.22 bits per heavy atom. The summed E-state index contributed by atoms with van der Waals surface area (Å²) in [5, 5.41) is 9.05. The average Bonchev–Trinajstić information content (AvgIpc) is 2.50. The maximum absolute atomic E-state index is 12.2. The Morgan fingerprint density at radius 1 is 1.22 bits per heavy atom. The van der Waals surface area contributed by atoms with Crippen LogP contribution >= 0.6 is 0 Å². The molecule has 1 atom stereocenters. The lowest BCUT2D eigenvalue weighted by Crippen LogP contribution is -2.44. The molecule has 9 heteroatoms. The lowest BCUT2D eigenvalue weighted by atomic mass is 10.1. The van der Waals surface area contributed by atoms with E-state index in [0.717, 1.165) is 0 Å². The van der Waals surface area contributed by atoms with E-state index in [4.69, 9.17) is 9.84 Å². The van der Waals surface area contributed by atoms with Crippen LogP contribution in [0, 0.1) is 5.92 Å². The van der Waals surface area contributed by atoms with Crippen LogP contribution in [0.5, 0.6) is 5.75 Å². The predicted octanol–water partition coefficient (Wildman–Crippen LogP) is 0.626. The molecular weight excluding hydrogens is 326 g/mol. The Morgan fingerprint density at radius 2 is 1.78 bits per heavy atom. The second-order valence-electron chi connectivity index (χ2n) is 5.02. The maximum atomic E-state index is 12.2. The zero-order chi connectivity index (χ0) is 17.6. The number of aliphatic carboxylic acids is 1. The molecule has 0 radical (unpaired) electrons. The lowest BCUT2D eigenvalue weighted by molar-refractivity contribution is -0.143. The van der Waals surface area contributed by atoms with Crippen LogP contribution in [0.3, 0.4) is 0 Å². The number of carbonyl (C=O) groups excluding carboxylic acids is 1. The fraction of sp³-hybridized carbons (Fsp3) is 0.429. The predicted molar refractivity (Wildman–Crippen MR) is 80.5 cm³/mol. The molecule has 8 nitrogen and oxygen atoms in total. The fourth-order valence-electron chi connectivity index (χ4n) is 1.62. The molecule has 0 aliphatic rings. The Bertz CT molecular complexity index is 652. The van der Waals surface area contributed by atoms with E-state index < -0.39 is 33.9 Å². The van der Waals surface area contributed by atoms with Gasteiger partial charge in [0.2, 0.25) is 10.0 Å². The third-order valence-corrected chi connectivity index (χ3v) is 4.39. The van der Waals surface area contributed by atoms with E-state index in [1.54, 1.807) is 13.8 Å². The smallest absolute Gasteiger partial charge is 0.343 e. The molecule has 1 rings (SSSR count). The van der Waals surface area contributed by atoms with E-state index in [1.165, 1.54) is 31.4 Å². The first-order valence-electron chi connectivity index (χ1n) is 6.72. The van der Waals surface area contributed by atoms with Crippen molar-refractivity contribution in [2.45, 2.75) is 24.8 Å². The van der Waals surface area contributed by atoms with Gasteiger partial charge in [-0.1, -0.05) is 13.8 Å². The second kappa shape index (κ2) is 7.93. The third-order valence-electron chi connectivity index (χ3n) is 2.93. The number of hydrogen-bond donors (Lipinski definition) is 2. The number of sulfonamides is 1. The van der Waals surface area contributed by atoms with Crippen molar-refractivity contribution in [2.24, 2.45) is 5.92 Å². The van der Waals surface area contributed by atoms with Gasteiger partial charge in [-0.05, 0) is 30.2 Å². The summed E-state index contributed by atoms with van der Waals surface area (Å²) in [7, 11) is -2.76. The van der Waals surface area contributed by atoms with Gasteiger partial charge in [-0.25, -0.2) is 13.2 Å². The fourth-order valence-corrected chi connectivity index (χ4v) is 2.96. The molecule has 0 saturated heterocycles. The van der Waals surface area contributed by atoms with Gasteiger partial charge in [0.1, 0.15) is 11.8 Å². The molecule has 0 unspecified atom stereocenters. The summed E-state index contributed by atoms with van der Waals surface area (Å²) >= 11 is 0. The van der Waals surface area contributed by atoms with Crippen molar-refractivity contribution in [2.75, 3.05) is 13.7 Å². The van der Waals surface area contributed by atoms with Crippen LogP contribution in [0.2, 0.25) is 0 Å². The zero-order valence-corrected chi connectivity index (χ0v) is 13.8. The molecule has 0 bridgehead atoms. The molecule has 0 heterocycles. The van der Waals surface area contributed by atoms with E-state index in [1.807, 2.05) is 0 Å². The number of benzene rings is 1. The number of ether oxygens (including phenoxy) is 2. The second-order valence-corrected chi connectivity index (χ2v) is 6.73. The summed E-state index contributed by atoms with van der Waals surface area (Å²) in [6.07, 6.45) is 0. The number of nitrogens with one attached hydrogen (secondary N) is 1. The minimum atomic E-state index is -3.98. The summed E-state index contributed by atoms with van der Waals surface area (Å²) in [5.41, 5.74) is 0. The number of rotatable bonds is 8. The molecule has 0 aliphatic carbocycles. The van der Waals surface area contributed by atoms with Crippen molar-refractivity contribution in [1.82, 2.24) is 4.72 Å². The Hall–Kier alpha value is -2.13. The molecular formula is C14H19NO7S. The van der Waals surface area contributed by atoms with Gasteiger partial charge in [0.15, 0.2) is 6.61 Å². The SMILES string of the molecule is COC(=O)COc1ccc(S(=O)(=O)N[C@@H](C(=O)O)C(C)C)cc1. The quantitative estimate of drug-likeness (QED) is 0.663. The van der Waals surface area contributed by atoms with E-state index in [2.05, 4.69) is 9.46 Å². The summed E-state index contributed by atoms with van der Waals surface area (Å²) < 4.78 is 36.0. The molecule has 0 aliphatic heterocycles. The first kappa shape index (κ1) is 18.9. The molecule has 0 fully saturated rings. The zero-order valence-electron chi connectivity index (χ0n) is 13.0. The van der Waals surface area contributed by atoms with Gasteiger partial charge in [-0.15, -0.1) is 0 Å². The molecule has 2 N–H and O–H groups in total. The highest BCUT2D eigenvalue weighted by molar-refractivity contribution is 7.89. The third kappa shape index (κ3) is 5.53. The van der Waals surface area contributed by atoms with Crippen LogP contribution in [0.25, 0.3) is 0 Å². The molecule has 23 heavy (non-hydrogen) atoms. The van der Waals surface area contributed by atoms with E-state index in [0.29, 0.717) is 0 Å². The van der Waals surface area contributed by atoms with Crippen LogP contribution in [0.15, 0.2) is 29.2 Å². The first-order chi connectivity index (χ1) is 10.7. The van der Waals surface area contributed by atoms with Crippen LogP contribution in [-0.2, 0) is 24.3 Å². The van der Waals surface area contributed by atoms with Gasteiger partial charge in [0, 0.05) is 0 Å². The minimum absolute atomic E-state index is 0.102. The van der Waals surface area contributed by atoms with Crippen molar-refractivity contribution in [3.63, 3.8) is 0 Å². The van der Waals surface area contributed by atoms with E-state index in [9.17, 15) is 18.0 Å². The van der Waals surface area contributed by atoms with Gasteiger partial charge in [-0.2, -0.15) is 4.72 Å². The number of esters is 1. The first-order valence-corrected chi connectivity index (χ1v) is 8.20. The van der Waals surface area contributed by atoms with Crippen molar-refractivity contribution in [3.8, 4) is 5.75 Å². The number of carboxylic acid groups (broad SMARTS) is 1. The number of carboxylic acids is 1. The van der Waals surface area contributed by atoms with Crippen LogP contribution in [0.1, 0.15) is 13.8 Å². The highest BCUT2D eigenvalue weighted by Gasteiger charge is 2.27. The van der Waals surface area contributed by atoms with Gasteiger partial charge in [-0.3, -0.25) is 4.79 Å². The van der Waals surface area contributed by atoms with Crippen molar-refractivity contribution in [1.29, 1.82) is 0 Å². The van der Waals surface area contributed by atoms with Gasteiger partial charge < -0.3 is 14.6 Å². The van der Waals surface area contributed by atoms with Crippen molar-refractivity contribution < 1.29 is 32.6 Å². The Kier molecular flexibility index (Phi) is 6.52. The monoisotopic (exact) mass is 345 g/mol. The van der Waals surface area contributed by atoms with E-state index in [-0.39, 0.29) is 17.3 Å². The van der Waals surface area contributed by atoms with Crippen molar-refractivity contribution in [3.05, 3.63) is 24.3 Å². The molecule has 0 spiro atoms. The maximum Gasteiger partial charge on any atom is 0.343 e. The summed E-state index contributed by atoms with van der Waals surface area (Å²) in [6, 6.07) is 4.02. The molecule has 0 aromatic heterocycles. The topological polar surface area (TPSA) is 119 Å². The minimum Gasteiger partial charge on any atom is -0.482 e. The van der Waals surface area contributed by atoms with Gasteiger partial charge >= 0.3 is 11.9 Å². The highest BCUT2D eigenvalue weighted by Crippen LogP contribution is 2.17. The molecule has 0 saturated carbocycles. The number of methoxy groups -OCH3 is 1. The Labute approximate surface area is 134 Å². The largest absolute Gasteiger partial charge is 0.482 e. The van der Waals surface area contributed by atoms with Gasteiger partial charge in [0.05, 0.1) is 12.0 Å². The normalized spacial score (nSPS) is 12.7. The Balaban J connectivity index is 2.85. The number of carbonyl (C=O) groups is 2. The highest BCUT2D eigenvalue weighted by atomic mass is 32.2. The molecule has 0 amide bonds. The summed E-state index contributed by atoms with van der Waals surface area (Å²) in [6.45, 7) is 2.91. The van der Waals surface area contributed by atoms with Crippen molar-refractivity contribution >= 4 is 22.0 Å². The van der Waals surface area contributed by atoms with Crippen LogP contribution < -0.4 is 9.46 Å². The van der Waals surface area contributed by atoms with Crippen LogP contribution in [-0.4, -0.2) is 45.2 Å². The average molecular weight is 345 g/mol. The van der Waals surface area contributed by atoms with Crippen LogP contribution in [0.4, 0.5) is 0 Å². The molecule has 1 aromatic carbocycles.